The topological polar surface area (TPSA) is 75.5 Å². The molecule has 0 saturated heterocycles. The minimum Gasteiger partial charge on any atom is -0.465 e. The Labute approximate surface area is 173 Å². The molecule has 0 fully saturated rings. The molecule has 0 saturated carbocycles. The average molecular weight is 411 g/mol. The highest BCUT2D eigenvalue weighted by atomic mass is 32.2. The number of benzene rings is 2. The van der Waals surface area contributed by atoms with Gasteiger partial charge in [0.25, 0.3) is 0 Å². The monoisotopic (exact) mass is 411 g/mol. The van der Waals surface area contributed by atoms with Gasteiger partial charge in [-0.1, -0.05) is 43.3 Å². The molecule has 2 heterocycles. The minimum atomic E-state index is -0.254. The first-order valence-corrected chi connectivity index (χ1v) is 10.4. The number of rotatable bonds is 8. The van der Waals surface area contributed by atoms with Crippen LogP contribution in [0.25, 0.3) is 17.1 Å². The van der Waals surface area contributed by atoms with Crippen molar-refractivity contribution in [2.75, 3.05) is 19.2 Å². The number of ether oxygens (including phenoxy) is 3. The molecule has 7 nitrogen and oxygen atoms in total. The quantitative estimate of drug-likeness (QED) is 0.314. The molecule has 0 bridgehead atoms. The Kier molecular flexibility index (Phi) is 6.00. The first-order chi connectivity index (χ1) is 14.3. The van der Waals surface area contributed by atoms with Crippen LogP contribution in [0.5, 0.6) is 11.5 Å². The highest BCUT2D eigenvalue weighted by molar-refractivity contribution is 7.99. The summed E-state index contributed by atoms with van der Waals surface area (Å²) in [4.78, 5) is 12.0. The van der Waals surface area contributed by atoms with Gasteiger partial charge in [-0.05, 0) is 36.8 Å². The molecule has 1 aliphatic rings. The maximum absolute atomic E-state index is 12.0. The Morgan fingerprint density at radius 3 is 2.79 bits per heavy atom. The van der Waals surface area contributed by atoms with Crippen molar-refractivity contribution >= 4 is 17.7 Å². The molecule has 150 valence electrons. The van der Waals surface area contributed by atoms with Gasteiger partial charge in [0.15, 0.2) is 22.5 Å². The highest BCUT2D eigenvalue weighted by Gasteiger charge is 2.20. The first-order valence-electron chi connectivity index (χ1n) is 9.45. The molecule has 1 aliphatic heterocycles. The van der Waals surface area contributed by atoms with Crippen LogP contribution < -0.4 is 9.47 Å². The number of carbonyl (C=O) groups excluding carboxylic acids is 1. The third-order valence-electron chi connectivity index (χ3n) is 4.36. The number of aromatic nitrogens is 3. The van der Waals surface area contributed by atoms with E-state index in [1.165, 1.54) is 11.8 Å². The van der Waals surface area contributed by atoms with E-state index in [1.54, 1.807) is 0 Å². The lowest BCUT2D eigenvalue weighted by Gasteiger charge is -2.10. The van der Waals surface area contributed by atoms with Crippen molar-refractivity contribution in [2.45, 2.75) is 24.9 Å². The molecule has 0 aliphatic carbocycles. The van der Waals surface area contributed by atoms with Crippen molar-refractivity contribution in [1.29, 1.82) is 0 Å². The normalized spacial score (nSPS) is 12.2. The van der Waals surface area contributed by atoms with Crippen molar-refractivity contribution in [3.05, 3.63) is 48.5 Å². The first kappa shape index (κ1) is 19.3. The zero-order valence-electron chi connectivity index (χ0n) is 16.0. The summed E-state index contributed by atoms with van der Waals surface area (Å²) in [5.41, 5.74) is 1.76. The number of thioether (sulfide) groups is 1. The molecule has 4 rings (SSSR count). The molecule has 0 spiro atoms. The van der Waals surface area contributed by atoms with Crippen molar-refractivity contribution < 1.29 is 19.0 Å². The van der Waals surface area contributed by atoms with E-state index in [1.807, 2.05) is 53.1 Å². The summed E-state index contributed by atoms with van der Waals surface area (Å²) >= 11 is 1.31. The van der Waals surface area contributed by atoms with Crippen LogP contribution in [-0.2, 0) is 9.53 Å². The number of hydrogen-bond donors (Lipinski definition) is 0. The van der Waals surface area contributed by atoms with E-state index in [2.05, 4.69) is 17.1 Å². The maximum atomic E-state index is 12.0. The molecule has 1 aromatic heterocycles. The number of hydrogen-bond acceptors (Lipinski definition) is 7. The number of carbonyl (C=O) groups is 1. The van der Waals surface area contributed by atoms with Crippen molar-refractivity contribution in [1.82, 2.24) is 14.8 Å². The van der Waals surface area contributed by atoms with Crippen LogP contribution in [0.4, 0.5) is 0 Å². The fourth-order valence-corrected chi connectivity index (χ4v) is 3.64. The molecular formula is C21H21N3O4S. The molecule has 0 atom stereocenters. The third kappa shape index (κ3) is 4.37. The van der Waals surface area contributed by atoms with Gasteiger partial charge in [-0.2, -0.15) is 0 Å². The lowest BCUT2D eigenvalue weighted by Crippen LogP contribution is -2.09. The van der Waals surface area contributed by atoms with E-state index in [9.17, 15) is 4.79 Å². The number of fused-ring (bicyclic) bond motifs is 1. The van der Waals surface area contributed by atoms with Gasteiger partial charge in [0.2, 0.25) is 6.79 Å². The summed E-state index contributed by atoms with van der Waals surface area (Å²) in [7, 11) is 0. The van der Waals surface area contributed by atoms with Gasteiger partial charge in [0.1, 0.15) is 0 Å². The highest BCUT2D eigenvalue weighted by Crippen LogP contribution is 2.37. The van der Waals surface area contributed by atoms with Gasteiger partial charge in [-0.15, -0.1) is 10.2 Å². The fraction of sp³-hybridized carbons (Fsp3) is 0.286. The predicted molar refractivity (Wildman–Crippen MR) is 110 cm³/mol. The van der Waals surface area contributed by atoms with Crippen LogP contribution in [0, 0.1) is 0 Å². The van der Waals surface area contributed by atoms with E-state index >= 15 is 0 Å². The molecular weight excluding hydrogens is 390 g/mol. The van der Waals surface area contributed by atoms with E-state index < -0.39 is 0 Å². The van der Waals surface area contributed by atoms with Crippen molar-refractivity contribution in [3.63, 3.8) is 0 Å². The molecule has 29 heavy (non-hydrogen) atoms. The van der Waals surface area contributed by atoms with Gasteiger partial charge >= 0.3 is 5.97 Å². The van der Waals surface area contributed by atoms with Crippen molar-refractivity contribution in [3.8, 4) is 28.6 Å². The van der Waals surface area contributed by atoms with E-state index in [0.717, 1.165) is 24.1 Å². The van der Waals surface area contributed by atoms with E-state index in [4.69, 9.17) is 14.2 Å². The summed E-state index contributed by atoms with van der Waals surface area (Å²) in [6.45, 7) is 2.72. The maximum Gasteiger partial charge on any atom is 0.316 e. The Hall–Kier alpha value is -3.00. The zero-order chi connectivity index (χ0) is 20.1. The third-order valence-corrected chi connectivity index (χ3v) is 5.26. The van der Waals surface area contributed by atoms with Crippen LogP contribution in [0.15, 0.2) is 53.7 Å². The Bertz CT molecular complexity index is 991. The van der Waals surface area contributed by atoms with Gasteiger partial charge in [-0.3, -0.25) is 9.36 Å². The number of unbranched alkanes of at least 4 members (excludes halogenated alkanes) is 1. The number of esters is 1. The molecule has 0 unspecified atom stereocenters. The molecule has 2 aromatic carbocycles. The summed E-state index contributed by atoms with van der Waals surface area (Å²) in [5, 5.41) is 9.33. The molecule has 0 N–H and O–H groups in total. The lowest BCUT2D eigenvalue weighted by molar-refractivity contribution is -0.140. The lowest BCUT2D eigenvalue weighted by atomic mass is 10.2. The van der Waals surface area contributed by atoms with Gasteiger partial charge in [0.05, 0.1) is 12.4 Å². The molecule has 8 heteroatoms. The van der Waals surface area contributed by atoms with Crippen LogP contribution in [0.1, 0.15) is 19.8 Å². The van der Waals surface area contributed by atoms with Crippen LogP contribution in [-0.4, -0.2) is 39.9 Å². The molecule has 0 amide bonds. The molecule has 3 aromatic rings. The smallest absolute Gasteiger partial charge is 0.316 e. The Balaban J connectivity index is 1.62. The number of nitrogens with zero attached hydrogens (tertiary/aromatic N) is 3. The largest absolute Gasteiger partial charge is 0.465 e. The Morgan fingerprint density at radius 2 is 1.97 bits per heavy atom. The fourth-order valence-electron chi connectivity index (χ4n) is 2.89. The summed E-state index contributed by atoms with van der Waals surface area (Å²) in [6, 6.07) is 15.5. The van der Waals surface area contributed by atoms with E-state index in [0.29, 0.717) is 29.1 Å². The minimum absolute atomic E-state index is 0.176. The van der Waals surface area contributed by atoms with Crippen molar-refractivity contribution in [2.24, 2.45) is 0 Å². The van der Waals surface area contributed by atoms with Gasteiger partial charge in [0, 0.05) is 11.3 Å². The second-order valence-corrected chi connectivity index (χ2v) is 7.35. The zero-order valence-corrected chi connectivity index (χ0v) is 16.9. The summed E-state index contributed by atoms with van der Waals surface area (Å²) in [6.07, 6.45) is 1.85. The average Bonchev–Trinajstić information content (AvgIpc) is 3.39. The van der Waals surface area contributed by atoms with Gasteiger partial charge in [-0.25, -0.2) is 0 Å². The summed E-state index contributed by atoms with van der Waals surface area (Å²) in [5.74, 6) is 1.98. The standard InChI is InChI=1S/C21H21N3O4S/c1-2-3-11-26-19(25)13-29-21-23-22-20(24(21)16-7-5-4-6-8-16)15-9-10-17-18(12-15)28-14-27-17/h4-10,12H,2-3,11,13-14H2,1H3. The van der Waals surface area contributed by atoms with Gasteiger partial charge < -0.3 is 14.2 Å². The second kappa shape index (κ2) is 9.00. The molecule has 0 radical (unpaired) electrons. The number of para-hydroxylation sites is 1. The van der Waals surface area contributed by atoms with Crippen LogP contribution in [0.2, 0.25) is 0 Å². The Morgan fingerprint density at radius 1 is 1.14 bits per heavy atom. The van der Waals surface area contributed by atoms with Crippen LogP contribution in [0.3, 0.4) is 0 Å². The van der Waals surface area contributed by atoms with Crippen LogP contribution >= 0.6 is 11.8 Å². The SMILES string of the molecule is CCCCOC(=O)CSc1nnc(-c2ccc3c(c2)OCO3)n1-c1ccccc1. The second-order valence-electron chi connectivity index (χ2n) is 6.41. The predicted octanol–water partition coefficient (Wildman–Crippen LogP) is 4.10. The van der Waals surface area contributed by atoms with E-state index in [-0.39, 0.29) is 18.5 Å². The summed E-state index contributed by atoms with van der Waals surface area (Å²) < 4.78 is 18.1.